The maximum absolute atomic E-state index is 12.6. The van der Waals surface area contributed by atoms with Crippen molar-refractivity contribution in [1.29, 1.82) is 0 Å². The highest BCUT2D eigenvalue weighted by molar-refractivity contribution is 9.10. The van der Waals surface area contributed by atoms with Crippen molar-refractivity contribution < 1.29 is 9.18 Å². The minimum absolute atomic E-state index is 0.0230. The smallest absolute Gasteiger partial charge is 0.149 e. The Morgan fingerprint density at radius 2 is 1.87 bits per heavy atom. The zero-order chi connectivity index (χ0) is 11.4. The first-order valence-electron chi connectivity index (χ1n) is 4.93. The van der Waals surface area contributed by atoms with Gasteiger partial charge in [-0.3, -0.25) is 4.79 Å². The van der Waals surface area contributed by atoms with Gasteiger partial charge in [0.15, 0.2) is 0 Å². The predicted molar refractivity (Wildman–Crippen MR) is 62.7 cm³/mol. The molecular formula is C12H14BrFO. The summed E-state index contributed by atoms with van der Waals surface area (Å²) in [6.45, 7) is 3.75. The van der Waals surface area contributed by atoms with Gasteiger partial charge >= 0.3 is 0 Å². The molecule has 0 heterocycles. The zero-order valence-corrected chi connectivity index (χ0v) is 10.4. The summed E-state index contributed by atoms with van der Waals surface area (Å²) in [4.78, 5) is 11.4. The molecule has 1 rings (SSSR count). The second-order valence-corrected chi connectivity index (χ2v) is 4.96. The monoisotopic (exact) mass is 272 g/mol. The van der Waals surface area contributed by atoms with Crippen molar-refractivity contribution in [2.45, 2.75) is 25.1 Å². The standard InChI is InChI=1S/C12H14BrFO/c1-8(2)12(15)11(13)7-9-3-5-10(14)6-4-9/h3-6,8,11H,7H2,1-2H3. The van der Waals surface area contributed by atoms with Gasteiger partial charge in [-0.05, 0) is 24.1 Å². The van der Waals surface area contributed by atoms with Gasteiger partial charge < -0.3 is 0 Å². The average molecular weight is 273 g/mol. The molecule has 0 saturated carbocycles. The van der Waals surface area contributed by atoms with Crippen molar-refractivity contribution in [2.75, 3.05) is 0 Å². The van der Waals surface area contributed by atoms with Crippen LogP contribution in [-0.2, 0) is 11.2 Å². The molecule has 0 radical (unpaired) electrons. The minimum Gasteiger partial charge on any atom is -0.298 e. The summed E-state index contributed by atoms with van der Waals surface area (Å²) in [5.74, 6) is -0.0470. The van der Waals surface area contributed by atoms with Crippen LogP contribution in [0.15, 0.2) is 24.3 Å². The molecule has 1 unspecified atom stereocenters. The molecule has 1 aromatic rings. The molecule has 1 nitrogen and oxygen atoms in total. The van der Waals surface area contributed by atoms with E-state index in [1.807, 2.05) is 13.8 Å². The van der Waals surface area contributed by atoms with Crippen molar-refractivity contribution in [3.05, 3.63) is 35.6 Å². The van der Waals surface area contributed by atoms with Crippen LogP contribution in [0.1, 0.15) is 19.4 Å². The molecule has 0 amide bonds. The van der Waals surface area contributed by atoms with Crippen LogP contribution < -0.4 is 0 Å². The number of hydrogen-bond donors (Lipinski definition) is 0. The fourth-order valence-electron chi connectivity index (χ4n) is 1.29. The van der Waals surface area contributed by atoms with E-state index in [1.165, 1.54) is 12.1 Å². The average Bonchev–Trinajstić information content (AvgIpc) is 2.20. The van der Waals surface area contributed by atoms with E-state index in [0.29, 0.717) is 6.42 Å². The van der Waals surface area contributed by atoms with Crippen LogP contribution >= 0.6 is 15.9 Å². The summed E-state index contributed by atoms with van der Waals surface area (Å²) in [6, 6.07) is 6.23. The van der Waals surface area contributed by atoms with Crippen molar-refractivity contribution in [3.63, 3.8) is 0 Å². The fraction of sp³-hybridized carbons (Fsp3) is 0.417. The molecule has 15 heavy (non-hydrogen) atoms. The van der Waals surface area contributed by atoms with Gasteiger partial charge in [-0.2, -0.15) is 0 Å². The Labute approximate surface area is 97.8 Å². The summed E-state index contributed by atoms with van der Waals surface area (Å²) < 4.78 is 12.6. The van der Waals surface area contributed by atoms with E-state index < -0.39 is 0 Å². The van der Waals surface area contributed by atoms with Crippen LogP contribution in [-0.4, -0.2) is 10.6 Å². The van der Waals surface area contributed by atoms with Crippen molar-refractivity contribution in [1.82, 2.24) is 0 Å². The Hall–Kier alpha value is -0.700. The molecule has 0 spiro atoms. The van der Waals surface area contributed by atoms with E-state index in [0.717, 1.165) is 5.56 Å². The topological polar surface area (TPSA) is 17.1 Å². The third kappa shape index (κ3) is 3.74. The highest BCUT2D eigenvalue weighted by atomic mass is 79.9. The molecule has 1 aromatic carbocycles. The second-order valence-electron chi connectivity index (χ2n) is 3.86. The van der Waals surface area contributed by atoms with Crippen molar-refractivity contribution in [2.24, 2.45) is 5.92 Å². The number of rotatable bonds is 4. The lowest BCUT2D eigenvalue weighted by Gasteiger charge is -2.11. The van der Waals surface area contributed by atoms with Gasteiger partial charge in [-0.1, -0.05) is 41.9 Å². The first-order valence-corrected chi connectivity index (χ1v) is 5.84. The molecule has 0 aliphatic heterocycles. The van der Waals surface area contributed by atoms with Crippen LogP contribution in [0.25, 0.3) is 0 Å². The molecule has 0 bridgehead atoms. The van der Waals surface area contributed by atoms with Crippen molar-refractivity contribution in [3.8, 4) is 0 Å². The summed E-state index contributed by atoms with van der Waals surface area (Å²) in [5, 5.41) is 0. The Morgan fingerprint density at radius 3 is 2.33 bits per heavy atom. The number of Topliss-reactive ketones (excluding diaryl/α,β-unsaturated/α-hetero) is 1. The number of halogens is 2. The van der Waals surface area contributed by atoms with Gasteiger partial charge in [-0.25, -0.2) is 4.39 Å². The molecule has 1 atom stereocenters. The van der Waals surface area contributed by atoms with Gasteiger partial charge in [0.25, 0.3) is 0 Å². The van der Waals surface area contributed by atoms with E-state index in [-0.39, 0.29) is 22.3 Å². The molecule has 0 aromatic heterocycles. The van der Waals surface area contributed by atoms with Gasteiger partial charge in [0.2, 0.25) is 0 Å². The van der Waals surface area contributed by atoms with E-state index in [2.05, 4.69) is 15.9 Å². The van der Waals surface area contributed by atoms with Gasteiger partial charge in [-0.15, -0.1) is 0 Å². The lowest BCUT2D eigenvalue weighted by Crippen LogP contribution is -2.21. The minimum atomic E-state index is -0.250. The molecule has 0 fully saturated rings. The third-order valence-electron chi connectivity index (χ3n) is 2.21. The fourth-order valence-corrected chi connectivity index (χ4v) is 2.19. The maximum atomic E-state index is 12.6. The molecule has 82 valence electrons. The Bertz CT molecular complexity index is 332. The quantitative estimate of drug-likeness (QED) is 0.769. The largest absolute Gasteiger partial charge is 0.298 e. The summed E-state index contributed by atoms with van der Waals surface area (Å²) in [5.41, 5.74) is 0.965. The highest BCUT2D eigenvalue weighted by Crippen LogP contribution is 2.15. The van der Waals surface area contributed by atoms with Gasteiger partial charge in [0.05, 0.1) is 4.83 Å². The molecule has 0 N–H and O–H groups in total. The number of carbonyl (C=O) groups excluding carboxylic acids is 1. The van der Waals surface area contributed by atoms with Crippen molar-refractivity contribution >= 4 is 21.7 Å². The zero-order valence-electron chi connectivity index (χ0n) is 8.84. The molecule has 0 aliphatic carbocycles. The Kier molecular flexibility index (Phi) is 4.45. The summed E-state index contributed by atoms with van der Waals surface area (Å²) in [6.07, 6.45) is 0.608. The van der Waals surface area contributed by atoms with E-state index in [9.17, 15) is 9.18 Å². The number of benzene rings is 1. The predicted octanol–water partition coefficient (Wildman–Crippen LogP) is 3.36. The lowest BCUT2D eigenvalue weighted by molar-refractivity contribution is -0.121. The molecule has 3 heteroatoms. The van der Waals surface area contributed by atoms with Crippen LogP contribution in [0.4, 0.5) is 4.39 Å². The number of hydrogen-bond acceptors (Lipinski definition) is 1. The number of ketones is 1. The van der Waals surface area contributed by atoms with E-state index in [1.54, 1.807) is 12.1 Å². The SMILES string of the molecule is CC(C)C(=O)C(Br)Cc1ccc(F)cc1. The van der Waals surface area contributed by atoms with E-state index in [4.69, 9.17) is 0 Å². The maximum Gasteiger partial charge on any atom is 0.149 e. The number of carbonyl (C=O) groups is 1. The second kappa shape index (κ2) is 5.40. The summed E-state index contributed by atoms with van der Waals surface area (Å²) in [7, 11) is 0. The highest BCUT2D eigenvalue weighted by Gasteiger charge is 2.18. The summed E-state index contributed by atoms with van der Waals surface area (Å²) >= 11 is 3.36. The first-order chi connectivity index (χ1) is 7.00. The van der Waals surface area contributed by atoms with Gasteiger partial charge in [0, 0.05) is 5.92 Å². The molecule has 0 aliphatic rings. The normalized spacial score (nSPS) is 12.9. The number of alkyl halides is 1. The van der Waals surface area contributed by atoms with Crippen LogP contribution in [0.3, 0.4) is 0 Å². The Balaban J connectivity index is 2.62. The third-order valence-corrected chi connectivity index (χ3v) is 2.98. The van der Waals surface area contributed by atoms with Gasteiger partial charge in [0.1, 0.15) is 11.6 Å². The lowest BCUT2D eigenvalue weighted by atomic mass is 10.0. The van der Waals surface area contributed by atoms with E-state index >= 15 is 0 Å². The van der Waals surface area contributed by atoms with Crippen LogP contribution in [0, 0.1) is 11.7 Å². The van der Waals surface area contributed by atoms with Crippen LogP contribution in [0.5, 0.6) is 0 Å². The first kappa shape index (κ1) is 12.4. The van der Waals surface area contributed by atoms with Crippen LogP contribution in [0.2, 0.25) is 0 Å². The Morgan fingerprint density at radius 1 is 1.33 bits per heavy atom. The molecular weight excluding hydrogens is 259 g/mol. The molecule has 0 saturated heterocycles.